The minimum absolute atomic E-state index is 0.119. The van der Waals surface area contributed by atoms with Crippen molar-refractivity contribution in [3.8, 4) is 11.5 Å². The summed E-state index contributed by atoms with van der Waals surface area (Å²) in [6.45, 7) is 18.2. The van der Waals surface area contributed by atoms with Crippen molar-refractivity contribution in [1.29, 1.82) is 0 Å². The zero-order valence-electron chi connectivity index (χ0n) is 23.1. The van der Waals surface area contributed by atoms with Crippen molar-refractivity contribution in [2.45, 2.75) is 79.6 Å². The Balaban J connectivity index is 1.99. The van der Waals surface area contributed by atoms with E-state index >= 15 is 0 Å². The molecule has 200 valence electrons. The van der Waals surface area contributed by atoms with Crippen LogP contribution >= 0.6 is 22.6 Å². The summed E-state index contributed by atoms with van der Waals surface area (Å²) in [5.41, 5.74) is 4.51. The van der Waals surface area contributed by atoms with Gasteiger partial charge in [0.2, 0.25) is 0 Å². The Labute approximate surface area is 235 Å². The quantitative estimate of drug-likeness (QED) is 0.226. The van der Waals surface area contributed by atoms with Gasteiger partial charge < -0.3 is 14.4 Å². The second kappa shape index (κ2) is 10.6. The number of Topliss-reactive ketones (excluding diaryl/α,β-unsaturated/α-hetero) is 2. The number of hydrogen-bond acceptors (Lipinski definition) is 5. The first-order chi connectivity index (χ1) is 17.4. The van der Waals surface area contributed by atoms with Gasteiger partial charge in [-0.3, -0.25) is 9.59 Å². The number of carbonyl (C=O) groups excluding carboxylic acids is 2. The largest absolute Gasteiger partial charge is 0.490 e. The van der Waals surface area contributed by atoms with Gasteiger partial charge in [0.15, 0.2) is 23.1 Å². The number of halogens is 1. The Kier molecular flexibility index (Phi) is 7.99. The zero-order chi connectivity index (χ0) is 27.1. The summed E-state index contributed by atoms with van der Waals surface area (Å²) in [7, 11) is 0. The molecule has 37 heavy (non-hydrogen) atoms. The summed E-state index contributed by atoms with van der Waals surface area (Å²) in [5.74, 6) is 1.23. The monoisotopic (exact) mass is 617 g/mol. The third-order valence-electron chi connectivity index (χ3n) is 7.48. The molecular weight excluding hydrogens is 577 g/mol. The number of hydrogen-bond donors (Lipinski definition) is 0. The molecule has 0 atom stereocenters. The van der Waals surface area contributed by atoms with Crippen molar-refractivity contribution >= 4 is 34.2 Å². The third-order valence-corrected chi connectivity index (χ3v) is 8.28. The van der Waals surface area contributed by atoms with Gasteiger partial charge in [-0.15, -0.1) is 0 Å². The Morgan fingerprint density at radius 1 is 0.973 bits per heavy atom. The van der Waals surface area contributed by atoms with Crippen molar-refractivity contribution in [1.82, 2.24) is 4.90 Å². The molecular formula is C31H40INO4. The molecule has 5 nitrogen and oxygen atoms in total. The predicted octanol–water partition coefficient (Wildman–Crippen LogP) is 7.35. The Morgan fingerprint density at radius 2 is 1.54 bits per heavy atom. The maximum Gasteiger partial charge on any atom is 0.174 e. The van der Waals surface area contributed by atoms with Crippen molar-refractivity contribution in [2.75, 3.05) is 19.8 Å². The maximum absolute atomic E-state index is 13.9. The molecule has 4 rings (SSSR count). The van der Waals surface area contributed by atoms with E-state index in [0.29, 0.717) is 37.6 Å². The fraction of sp³-hybridized carbons (Fsp3) is 0.548. The maximum atomic E-state index is 13.9. The van der Waals surface area contributed by atoms with E-state index in [1.807, 2.05) is 13.0 Å². The summed E-state index contributed by atoms with van der Waals surface area (Å²) in [4.78, 5) is 30.1. The molecule has 1 aromatic carbocycles. The normalized spacial score (nSPS) is 21.1. The standard InChI is InChI=1S/C31H40INO4/c1-8-11-33-21-15-30(4,5)17-23(34)27(21)26(28-22(33)16-31(6,7)18-24(28)35)19-13-20(32)29(37-12-9-2)25(14-19)36-10-3/h9,13-14,26H,2,8,10-12,15-18H2,1,3-7H3. The number of carbonyl (C=O) groups is 2. The summed E-state index contributed by atoms with van der Waals surface area (Å²) in [6.07, 6.45) is 5.28. The summed E-state index contributed by atoms with van der Waals surface area (Å²) >= 11 is 2.27. The van der Waals surface area contributed by atoms with Crippen LogP contribution in [0.25, 0.3) is 0 Å². The van der Waals surface area contributed by atoms with Crippen molar-refractivity contribution in [2.24, 2.45) is 10.8 Å². The molecule has 0 radical (unpaired) electrons. The highest BCUT2D eigenvalue weighted by atomic mass is 127. The minimum Gasteiger partial charge on any atom is -0.490 e. The molecule has 0 fully saturated rings. The highest BCUT2D eigenvalue weighted by Crippen LogP contribution is 2.55. The molecule has 2 aliphatic carbocycles. The van der Waals surface area contributed by atoms with Crippen LogP contribution < -0.4 is 9.47 Å². The molecule has 1 aromatic rings. The lowest BCUT2D eigenvalue weighted by atomic mass is 9.63. The second-order valence-corrected chi connectivity index (χ2v) is 13.2. The van der Waals surface area contributed by atoms with E-state index in [0.717, 1.165) is 57.5 Å². The van der Waals surface area contributed by atoms with Gasteiger partial charge in [0, 0.05) is 47.8 Å². The van der Waals surface area contributed by atoms with Gasteiger partial charge in [0.05, 0.1) is 10.2 Å². The fourth-order valence-electron chi connectivity index (χ4n) is 6.17. The van der Waals surface area contributed by atoms with E-state index in [-0.39, 0.29) is 28.3 Å². The van der Waals surface area contributed by atoms with Crippen molar-refractivity contribution < 1.29 is 19.1 Å². The van der Waals surface area contributed by atoms with Crippen LogP contribution in [0.2, 0.25) is 0 Å². The molecule has 0 amide bonds. The van der Waals surface area contributed by atoms with Crippen LogP contribution in [-0.4, -0.2) is 36.2 Å². The van der Waals surface area contributed by atoms with Crippen LogP contribution in [0.3, 0.4) is 0 Å². The molecule has 0 N–H and O–H groups in total. The first kappa shape index (κ1) is 27.9. The lowest BCUT2D eigenvalue weighted by Crippen LogP contribution is -2.44. The van der Waals surface area contributed by atoms with Crippen molar-refractivity contribution in [3.05, 3.63) is 56.5 Å². The molecule has 0 saturated carbocycles. The number of nitrogens with zero attached hydrogens (tertiary/aromatic N) is 1. The molecule has 3 aliphatic rings. The number of allylic oxidation sites excluding steroid dienone is 4. The number of ether oxygens (including phenoxy) is 2. The van der Waals surface area contributed by atoms with Gasteiger partial charge in [0.25, 0.3) is 0 Å². The van der Waals surface area contributed by atoms with Crippen LogP contribution in [0.1, 0.15) is 85.1 Å². The van der Waals surface area contributed by atoms with Crippen LogP contribution in [0.15, 0.2) is 47.3 Å². The van der Waals surface area contributed by atoms with E-state index in [9.17, 15) is 9.59 Å². The first-order valence-corrected chi connectivity index (χ1v) is 14.5. The van der Waals surface area contributed by atoms with E-state index in [1.54, 1.807) is 6.08 Å². The zero-order valence-corrected chi connectivity index (χ0v) is 25.3. The minimum atomic E-state index is -0.383. The van der Waals surface area contributed by atoms with E-state index in [2.05, 4.69) is 74.8 Å². The number of benzene rings is 1. The Hall–Kier alpha value is -2.09. The number of rotatable bonds is 8. The summed E-state index contributed by atoms with van der Waals surface area (Å²) in [5, 5.41) is 0. The predicted molar refractivity (Wildman–Crippen MR) is 156 cm³/mol. The SMILES string of the molecule is C=CCOc1c(I)cc(C2C3=C(CC(C)(C)CC3=O)N(CCC)C3=C2C(=O)CC(C)(C)C3)cc1OCC. The van der Waals surface area contributed by atoms with Gasteiger partial charge in [0.1, 0.15) is 6.61 Å². The van der Waals surface area contributed by atoms with E-state index < -0.39 is 0 Å². The van der Waals surface area contributed by atoms with Gasteiger partial charge >= 0.3 is 0 Å². The van der Waals surface area contributed by atoms with E-state index in [4.69, 9.17) is 9.47 Å². The molecule has 0 aromatic heterocycles. The van der Waals surface area contributed by atoms with Gasteiger partial charge in [-0.1, -0.05) is 47.3 Å². The van der Waals surface area contributed by atoms with Crippen molar-refractivity contribution in [3.63, 3.8) is 0 Å². The molecule has 6 heteroatoms. The summed E-state index contributed by atoms with van der Waals surface area (Å²) < 4.78 is 12.9. The summed E-state index contributed by atoms with van der Waals surface area (Å²) in [6, 6.07) is 4.05. The van der Waals surface area contributed by atoms with Crippen LogP contribution in [-0.2, 0) is 9.59 Å². The lowest BCUT2D eigenvalue weighted by Gasteiger charge is -2.49. The highest BCUT2D eigenvalue weighted by molar-refractivity contribution is 14.1. The van der Waals surface area contributed by atoms with Crippen LogP contribution in [0, 0.1) is 14.4 Å². The van der Waals surface area contributed by atoms with Gasteiger partial charge in [-0.25, -0.2) is 0 Å². The first-order valence-electron chi connectivity index (χ1n) is 13.4. The molecule has 0 spiro atoms. The Morgan fingerprint density at radius 3 is 2.03 bits per heavy atom. The number of ketones is 2. The van der Waals surface area contributed by atoms with E-state index in [1.165, 1.54) is 0 Å². The molecule has 0 bridgehead atoms. The second-order valence-electron chi connectivity index (χ2n) is 12.0. The van der Waals surface area contributed by atoms with Gasteiger partial charge in [-0.2, -0.15) is 0 Å². The van der Waals surface area contributed by atoms with Gasteiger partial charge in [-0.05, 0) is 77.3 Å². The Bertz CT molecular complexity index is 1140. The highest BCUT2D eigenvalue weighted by Gasteiger charge is 2.49. The average molecular weight is 618 g/mol. The van der Waals surface area contributed by atoms with Crippen LogP contribution in [0.4, 0.5) is 0 Å². The third kappa shape index (κ3) is 5.41. The lowest BCUT2D eigenvalue weighted by molar-refractivity contribution is -0.119. The molecule has 1 heterocycles. The van der Waals surface area contributed by atoms with Crippen LogP contribution in [0.5, 0.6) is 11.5 Å². The average Bonchev–Trinajstić information content (AvgIpc) is 2.78. The fourth-order valence-corrected chi connectivity index (χ4v) is 6.96. The molecule has 1 aliphatic heterocycles. The molecule has 0 unspecified atom stereocenters. The smallest absolute Gasteiger partial charge is 0.174 e. The topological polar surface area (TPSA) is 55.8 Å². The molecule has 0 saturated heterocycles.